The average molecular weight is 712 g/mol. The lowest BCUT2D eigenvalue weighted by molar-refractivity contribution is -0.140. The Morgan fingerprint density at radius 2 is 1.73 bits per heavy atom. The van der Waals surface area contributed by atoms with Gasteiger partial charge in [-0.15, -0.1) is 0 Å². The van der Waals surface area contributed by atoms with Crippen LogP contribution < -0.4 is 16.0 Å². The van der Waals surface area contributed by atoms with Gasteiger partial charge in [-0.2, -0.15) is 5.10 Å². The number of carbonyl (C=O) groups excluding carboxylic acids is 4. The molecular formula is C37H48F3N7O4. The molecule has 0 unspecified atom stereocenters. The average Bonchev–Trinajstić information content (AvgIpc) is 4.06. The van der Waals surface area contributed by atoms with Crippen LogP contribution in [0.1, 0.15) is 94.1 Å². The van der Waals surface area contributed by atoms with Crippen molar-refractivity contribution in [1.82, 2.24) is 30.2 Å². The number of aromatic nitrogens is 2. The SMILES string of the molecule is CCC(=O)N[C@@H](C(=O)N1CCN(C)C2(CC2)C1)C1(c2ccc(NC(=O)[C@@H](NC(=O)c3ccnn3CC)[C@H]3CC(F)(F)CC4(CC4)C3)c(F)c2)CC1. The van der Waals surface area contributed by atoms with Gasteiger partial charge in [0.15, 0.2) is 0 Å². The zero-order valence-corrected chi connectivity index (χ0v) is 29.6. The van der Waals surface area contributed by atoms with Crippen LogP contribution in [0.15, 0.2) is 30.5 Å². The molecule has 7 rings (SSSR count). The number of halogens is 3. The van der Waals surface area contributed by atoms with Crippen molar-refractivity contribution in [2.24, 2.45) is 11.3 Å². The molecule has 5 fully saturated rings. The summed E-state index contributed by atoms with van der Waals surface area (Å²) in [4.78, 5) is 58.2. The largest absolute Gasteiger partial charge is 0.343 e. The topological polar surface area (TPSA) is 129 Å². The van der Waals surface area contributed by atoms with Gasteiger partial charge in [0.2, 0.25) is 23.6 Å². The van der Waals surface area contributed by atoms with Crippen molar-refractivity contribution in [3.63, 3.8) is 0 Å². The highest BCUT2D eigenvalue weighted by atomic mass is 19.3. The van der Waals surface area contributed by atoms with Crippen molar-refractivity contribution in [2.75, 3.05) is 32.0 Å². The summed E-state index contributed by atoms with van der Waals surface area (Å²) in [6.45, 7) is 5.77. The van der Waals surface area contributed by atoms with Crippen LogP contribution in [0, 0.1) is 17.2 Å². The molecule has 4 amide bonds. The van der Waals surface area contributed by atoms with Crippen LogP contribution in [0.2, 0.25) is 0 Å². The third-order valence-electron chi connectivity index (χ3n) is 12.3. The molecule has 2 heterocycles. The quantitative estimate of drug-likeness (QED) is 0.320. The first kappa shape index (κ1) is 35.5. The lowest BCUT2D eigenvalue weighted by atomic mass is 9.73. The molecule has 1 aromatic carbocycles. The summed E-state index contributed by atoms with van der Waals surface area (Å²) in [5.74, 6) is -6.49. The van der Waals surface area contributed by atoms with Gasteiger partial charge in [0, 0.05) is 62.6 Å². The zero-order chi connectivity index (χ0) is 36.3. The monoisotopic (exact) mass is 711 g/mol. The second-order valence-electron chi connectivity index (χ2n) is 15.8. The number of piperazine rings is 1. The summed E-state index contributed by atoms with van der Waals surface area (Å²) in [6, 6.07) is 3.62. The van der Waals surface area contributed by atoms with Crippen molar-refractivity contribution in [1.29, 1.82) is 0 Å². The van der Waals surface area contributed by atoms with Crippen LogP contribution >= 0.6 is 0 Å². The number of nitrogens with one attached hydrogen (secondary N) is 3. The minimum absolute atomic E-state index is 0.0167. The summed E-state index contributed by atoms with van der Waals surface area (Å²) in [5.41, 5.74) is -0.836. The fraction of sp³-hybridized carbons (Fsp3) is 0.649. The number of amides is 4. The number of alkyl halides is 2. The summed E-state index contributed by atoms with van der Waals surface area (Å²) >= 11 is 0. The van der Waals surface area contributed by atoms with Crippen molar-refractivity contribution < 1.29 is 32.3 Å². The second kappa shape index (κ2) is 12.9. The van der Waals surface area contributed by atoms with E-state index < -0.39 is 58.8 Å². The molecule has 3 atom stereocenters. The van der Waals surface area contributed by atoms with Crippen molar-refractivity contribution in [3.8, 4) is 0 Å². The van der Waals surface area contributed by atoms with E-state index in [1.54, 1.807) is 19.9 Å². The Morgan fingerprint density at radius 3 is 2.35 bits per heavy atom. The third-order valence-corrected chi connectivity index (χ3v) is 12.3. The van der Waals surface area contributed by atoms with Crippen LogP contribution in [0.25, 0.3) is 0 Å². The molecule has 4 saturated carbocycles. The van der Waals surface area contributed by atoms with E-state index in [-0.39, 0.29) is 41.6 Å². The minimum Gasteiger partial charge on any atom is -0.343 e. The van der Waals surface area contributed by atoms with Gasteiger partial charge in [-0.1, -0.05) is 13.0 Å². The van der Waals surface area contributed by atoms with E-state index in [2.05, 4.69) is 33.0 Å². The maximum atomic E-state index is 16.0. The molecule has 2 spiro atoms. The standard InChI is InChI=1S/C37H48F3N7O4/c1-4-28(48)43-30(33(51)46-17-16-45(3)35(22-46)11-12-35)36(13-14-36)24-6-7-26(25(38)18-24)42-32(50)29(44-31(49)27-8-15-41-47(27)5-2)23-19-34(9-10-34)21-37(39,40)20-23/h6-8,15,18,23,29-30H,4-5,9-14,16-17,19-22H2,1-3H3,(H,42,50)(H,43,48)(H,44,49)/t23-,29+,30+/m1/s1. The number of benzene rings is 1. The van der Waals surface area contributed by atoms with Gasteiger partial charge in [0.05, 0.1) is 5.69 Å². The number of hydrogen-bond donors (Lipinski definition) is 3. The fourth-order valence-corrected chi connectivity index (χ4v) is 8.72. The predicted octanol–water partition coefficient (Wildman–Crippen LogP) is 4.23. The van der Waals surface area contributed by atoms with Crippen LogP contribution in [0.5, 0.6) is 0 Å². The molecule has 4 aliphatic carbocycles. The number of likely N-dealkylation sites (N-methyl/N-ethyl adjacent to an activating group) is 1. The van der Waals surface area contributed by atoms with Gasteiger partial charge in [0.1, 0.15) is 23.6 Å². The first-order valence-electron chi connectivity index (χ1n) is 18.3. The molecule has 276 valence electrons. The molecule has 0 radical (unpaired) electrons. The lowest BCUT2D eigenvalue weighted by Gasteiger charge is -2.42. The number of anilines is 1. The van der Waals surface area contributed by atoms with E-state index >= 15 is 13.2 Å². The minimum atomic E-state index is -3.00. The number of rotatable bonds is 11. The number of nitrogens with zero attached hydrogens (tertiary/aromatic N) is 4. The van der Waals surface area contributed by atoms with E-state index in [0.29, 0.717) is 57.3 Å². The van der Waals surface area contributed by atoms with Crippen LogP contribution in [0.3, 0.4) is 0 Å². The molecule has 11 nitrogen and oxygen atoms in total. The fourth-order valence-electron chi connectivity index (χ4n) is 8.72. The molecule has 5 aliphatic rings. The van der Waals surface area contributed by atoms with Crippen molar-refractivity contribution in [2.45, 2.75) is 114 Å². The van der Waals surface area contributed by atoms with E-state index in [1.807, 2.05) is 4.90 Å². The Balaban J connectivity index is 1.12. The Hall–Kier alpha value is -3.94. The highest BCUT2D eigenvalue weighted by Gasteiger charge is 2.59. The maximum absolute atomic E-state index is 16.0. The summed E-state index contributed by atoms with van der Waals surface area (Å²) in [5, 5.41) is 12.3. The Morgan fingerprint density at radius 1 is 0.980 bits per heavy atom. The first-order valence-corrected chi connectivity index (χ1v) is 18.3. The van der Waals surface area contributed by atoms with Crippen LogP contribution in [-0.2, 0) is 26.3 Å². The van der Waals surface area contributed by atoms with Gasteiger partial charge in [-0.25, -0.2) is 13.2 Å². The van der Waals surface area contributed by atoms with Crippen LogP contribution in [-0.4, -0.2) is 93.4 Å². The van der Waals surface area contributed by atoms with Crippen molar-refractivity contribution in [3.05, 3.63) is 47.5 Å². The Kier molecular flexibility index (Phi) is 8.99. The second-order valence-corrected chi connectivity index (χ2v) is 15.8. The van der Waals surface area contributed by atoms with Crippen LogP contribution in [0.4, 0.5) is 18.9 Å². The normalized spacial score (nSPS) is 24.7. The predicted molar refractivity (Wildman–Crippen MR) is 182 cm³/mol. The molecule has 1 aliphatic heterocycles. The summed E-state index contributed by atoms with van der Waals surface area (Å²) in [6.07, 6.45) is 5.62. The highest BCUT2D eigenvalue weighted by molar-refractivity contribution is 6.01. The van der Waals surface area contributed by atoms with E-state index in [4.69, 9.17) is 0 Å². The first-order chi connectivity index (χ1) is 24.2. The Bertz CT molecular complexity index is 1710. The van der Waals surface area contributed by atoms with Gasteiger partial charge in [0.25, 0.3) is 5.91 Å². The molecule has 51 heavy (non-hydrogen) atoms. The highest BCUT2D eigenvalue weighted by Crippen LogP contribution is 2.62. The third kappa shape index (κ3) is 6.87. The van der Waals surface area contributed by atoms with E-state index in [9.17, 15) is 19.2 Å². The molecule has 14 heteroatoms. The summed E-state index contributed by atoms with van der Waals surface area (Å²) in [7, 11) is 2.07. The van der Waals surface area contributed by atoms with E-state index in [0.717, 1.165) is 19.4 Å². The van der Waals surface area contributed by atoms with Crippen molar-refractivity contribution >= 4 is 29.3 Å². The molecular weight excluding hydrogens is 663 g/mol. The number of carbonyl (C=O) groups is 4. The maximum Gasteiger partial charge on any atom is 0.270 e. The van der Waals surface area contributed by atoms with Gasteiger partial charge < -0.3 is 20.9 Å². The van der Waals surface area contributed by atoms with Gasteiger partial charge in [-0.05, 0) is 94.0 Å². The molecule has 1 aromatic heterocycles. The molecule has 3 N–H and O–H groups in total. The van der Waals surface area contributed by atoms with E-state index in [1.165, 1.54) is 29.1 Å². The lowest BCUT2D eigenvalue weighted by Crippen LogP contribution is -2.61. The number of aryl methyl sites for hydroxylation is 1. The number of hydrogen-bond acceptors (Lipinski definition) is 6. The molecule has 1 saturated heterocycles. The van der Waals surface area contributed by atoms with Gasteiger partial charge in [-0.3, -0.25) is 28.8 Å². The molecule has 0 bridgehead atoms. The zero-order valence-electron chi connectivity index (χ0n) is 29.6. The molecule has 2 aromatic rings. The Labute approximate surface area is 296 Å². The van der Waals surface area contributed by atoms with Gasteiger partial charge >= 0.3 is 0 Å². The summed E-state index contributed by atoms with van der Waals surface area (Å²) < 4.78 is 47.5. The smallest absolute Gasteiger partial charge is 0.270 e.